The van der Waals surface area contributed by atoms with Crippen LogP contribution in [0.5, 0.6) is 0 Å². The van der Waals surface area contributed by atoms with Crippen LogP contribution in [0.25, 0.3) is 0 Å². The molecule has 0 radical (unpaired) electrons. The van der Waals surface area contributed by atoms with Crippen molar-refractivity contribution in [3.05, 3.63) is 71.8 Å². The Labute approximate surface area is 363 Å². The highest BCUT2D eigenvalue weighted by Gasteiger charge is 2.33. The van der Waals surface area contributed by atoms with Crippen LogP contribution >= 0.6 is 25.3 Å². The molecule has 6 atom stereocenters. The number of nitrogens with one attached hydrogen (secondary N) is 7. The van der Waals surface area contributed by atoms with Gasteiger partial charge in [-0.2, -0.15) is 25.3 Å². The van der Waals surface area contributed by atoms with Crippen LogP contribution in [0.2, 0.25) is 0 Å². The van der Waals surface area contributed by atoms with E-state index in [2.05, 4.69) is 67.5 Å². The zero-order valence-electron chi connectivity index (χ0n) is 33.4. The Kier molecular flexibility index (Phi) is 23.1. The van der Waals surface area contributed by atoms with Crippen molar-refractivity contribution in [1.29, 1.82) is 0 Å². The molecule has 0 bridgehead atoms. The van der Waals surface area contributed by atoms with Crippen LogP contribution in [0.4, 0.5) is 4.79 Å². The lowest BCUT2D eigenvalue weighted by molar-refractivity contribution is -0.141. The van der Waals surface area contributed by atoms with Crippen LogP contribution in [0.1, 0.15) is 36.8 Å². The van der Waals surface area contributed by atoms with E-state index < -0.39 is 90.2 Å². The van der Waals surface area contributed by atoms with Gasteiger partial charge in [0.1, 0.15) is 30.2 Å². The second kappa shape index (κ2) is 27.6. The quantitative estimate of drug-likeness (QED) is 0.0183. The molecule has 0 aliphatic carbocycles. The Hall–Kier alpha value is -6.07. The molecule has 0 fully saturated rings. The summed E-state index contributed by atoms with van der Waals surface area (Å²) in [5.41, 5.74) is 23.0. The molecule has 0 saturated carbocycles. The number of nitrogens with two attached hydrogens (primary N) is 4. The fourth-order valence-corrected chi connectivity index (χ4v) is 5.99. The first-order chi connectivity index (χ1) is 29.0. The summed E-state index contributed by atoms with van der Waals surface area (Å²) in [7, 11) is 0. The van der Waals surface area contributed by atoms with Gasteiger partial charge in [-0.3, -0.25) is 33.8 Å². The van der Waals surface area contributed by atoms with Gasteiger partial charge in [-0.05, 0) is 36.8 Å². The fraction of sp³-hybridized carbons (Fsp3) is 0.447. The van der Waals surface area contributed by atoms with E-state index in [-0.39, 0.29) is 69.1 Å². The number of rotatable bonds is 27. The summed E-state index contributed by atoms with van der Waals surface area (Å²) in [4.78, 5) is 108. The van der Waals surface area contributed by atoms with Crippen molar-refractivity contribution in [2.45, 2.75) is 74.8 Å². The van der Waals surface area contributed by atoms with E-state index in [0.717, 1.165) is 0 Å². The molecule has 23 heteroatoms. The number of benzene rings is 2. The summed E-state index contributed by atoms with van der Waals surface area (Å²) in [5, 5.41) is 27.2. The smallest absolute Gasteiger partial charge is 0.327 e. The molecular formula is C38H56N12O9S2. The molecule has 8 amide bonds. The Morgan fingerprint density at radius 2 is 1.05 bits per heavy atom. The Morgan fingerprint density at radius 3 is 1.51 bits per heavy atom. The van der Waals surface area contributed by atoms with Crippen molar-refractivity contribution in [2.75, 3.05) is 31.1 Å². The minimum atomic E-state index is -1.37. The lowest BCUT2D eigenvalue weighted by Gasteiger charge is -2.27. The number of carboxylic acids is 1. The first kappa shape index (κ1) is 51.1. The minimum Gasteiger partial charge on any atom is -0.480 e. The van der Waals surface area contributed by atoms with Crippen LogP contribution in [-0.4, -0.2) is 126 Å². The van der Waals surface area contributed by atoms with Gasteiger partial charge in [-0.1, -0.05) is 60.7 Å². The number of thiol groups is 2. The number of urea groups is 1. The van der Waals surface area contributed by atoms with Crippen molar-refractivity contribution < 1.29 is 43.5 Å². The number of hydrogen-bond acceptors (Lipinski definition) is 12. The fourth-order valence-electron chi connectivity index (χ4n) is 5.58. The van der Waals surface area contributed by atoms with Crippen LogP contribution in [0.3, 0.4) is 0 Å². The number of amides is 8. The molecule has 0 unspecified atom stereocenters. The molecule has 0 heterocycles. The number of primary amides is 1. The zero-order valence-corrected chi connectivity index (χ0v) is 35.2. The van der Waals surface area contributed by atoms with Gasteiger partial charge in [-0.25, -0.2) is 9.59 Å². The molecule has 16 N–H and O–H groups in total. The summed E-state index contributed by atoms with van der Waals surface area (Å²) in [6, 6.07) is 8.78. The van der Waals surface area contributed by atoms with Crippen molar-refractivity contribution >= 4 is 78.7 Å². The summed E-state index contributed by atoms with van der Waals surface area (Å²) in [5.74, 6) is -6.44. The molecule has 334 valence electrons. The number of carbonyl (C=O) groups is 8. The van der Waals surface area contributed by atoms with E-state index in [1.54, 1.807) is 60.7 Å². The molecule has 2 aromatic carbocycles. The third-order valence-electron chi connectivity index (χ3n) is 8.78. The van der Waals surface area contributed by atoms with Crippen LogP contribution in [0, 0.1) is 0 Å². The molecule has 61 heavy (non-hydrogen) atoms. The van der Waals surface area contributed by atoms with Gasteiger partial charge < -0.3 is 65.3 Å². The van der Waals surface area contributed by atoms with E-state index in [1.165, 1.54) is 0 Å². The number of nitrogens with zero attached hydrogens (tertiary/aromatic N) is 1. The third kappa shape index (κ3) is 20.2. The van der Waals surface area contributed by atoms with Crippen LogP contribution < -0.4 is 60.2 Å². The van der Waals surface area contributed by atoms with E-state index in [1.807, 2.05) is 0 Å². The van der Waals surface area contributed by atoms with Crippen molar-refractivity contribution in [3.8, 4) is 0 Å². The number of carbonyl (C=O) groups excluding carboxylic acids is 7. The van der Waals surface area contributed by atoms with E-state index in [0.29, 0.717) is 11.1 Å². The predicted molar refractivity (Wildman–Crippen MR) is 233 cm³/mol. The molecule has 0 aromatic heterocycles. The Balaban J connectivity index is 2.45. The topological polar surface area (TPSA) is 357 Å². The summed E-state index contributed by atoms with van der Waals surface area (Å²) >= 11 is 7.98. The summed E-state index contributed by atoms with van der Waals surface area (Å²) in [6.07, 6.45) is 0.102. The number of hydrogen-bond donors (Lipinski definition) is 14. The Morgan fingerprint density at radius 1 is 0.590 bits per heavy atom. The van der Waals surface area contributed by atoms with Crippen molar-refractivity contribution in [3.63, 3.8) is 0 Å². The predicted octanol–water partition coefficient (Wildman–Crippen LogP) is -3.21. The molecule has 0 aliphatic heterocycles. The number of carboxylic acid groups (broad SMARTS) is 1. The Bertz CT molecular complexity index is 1810. The molecule has 2 rings (SSSR count). The summed E-state index contributed by atoms with van der Waals surface area (Å²) < 4.78 is 0. The van der Waals surface area contributed by atoms with Gasteiger partial charge in [0.15, 0.2) is 5.96 Å². The third-order valence-corrected chi connectivity index (χ3v) is 9.54. The monoisotopic (exact) mass is 888 g/mol. The number of guanidine groups is 1. The molecule has 2 aromatic rings. The molecule has 0 spiro atoms. The van der Waals surface area contributed by atoms with Crippen LogP contribution in [-0.2, 0) is 46.4 Å². The first-order valence-corrected chi connectivity index (χ1v) is 20.5. The van der Waals surface area contributed by atoms with Gasteiger partial charge in [0.05, 0.1) is 12.6 Å². The number of aliphatic imine (C=N–C) groups is 1. The molecular weight excluding hydrogens is 833 g/mol. The van der Waals surface area contributed by atoms with Gasteiger partial charge in [0.2, 0.25) is 35.4 Å². The highest BCUT2D eigenvalue weighted by molar-refractivity contribution is 7.80. The van der Waals surface area contributed by atoms with Gasteiger partial charge in [0, 0.05) is 37.4 Å². The SMILES string of the molecule is NC(=O)NCCC[C@H](NC(=O)CNC(=O)[C@@H](N)CS)C(=O)N[C@H](Cc1ccccc1)C(=O)N[C@@H](CCCN=C(N)N)C(=O)N[C@@H](Cc1ccccc1)C(=O)N[C@@H](CS)C(=O)O. The normalized spacial score (nSPS) is 13.6. The second-order valence-corrected chi connectivity index (χ2v) is 14.4. The highest BCUT2D eigenvalue weighted by Crippen LogP contribution is 2.10. The minimum absolute atomic E-state index is 0.0161. The lowest BCUT2D eigenvalue weighted by atomic mass is 10.0. The summed E-state index contributed by atoms with van der Waals surface area (Å²) in [6.45, 7) is -0.430. The maximum Gasteiger partial charge on any atom is 0.327 e. The largest absolute Gasteiger partial charge is 0.480 e. The maximum atomic E-state index is 14.2. The average molecular weight is 889 g/mol. The number of aliphatic carboxylic acids is 1. The second-order valence-electron chi connectivity index (χ2n) is 13.7. The van der Waals surface area contributed by atoms with E-state index >= 15 is 0 Å². The van der Waals surface area contributed by atoms with Gasteiger partial charge >= 0.3 is 12.0 Å². The van der Waals surface area contributed by atoms with Gasteiger partial charge in [0.25, 0.3) is 0 Å². The van der Waals surface area contributed by atoms with Crippen molar-refractivity contribution in [2.24, 2.45) is 27.9 Å². The molecule has 21 nitrogen and oxygen atoms in total. The van der Waals surface area contributed by atoms with E-state index in [9.17, 15) is 43.5 Å². The standard InChI is InChI=1S/C38H56N12O9S2/c39-24(20-60)31(52)45-19-30(51)46-25(13-8-16-44-38(42)59)32(53)48-27(17-22-9-3-1-4-10-22)34(55)47-26(14-7-15-43-37(40)41)33(54)49-28(18-23-11-5-2-6-12-23)35(56)50-29(21-61)36(57)58/h1-6,9-12,24-29,60-61H,7-8,13-21,39H2,(H,45,52)(H,46,51)(H,47,55)(H,48,53)(H,49,54)(H,50,56)(H,57,58)(H4,40,41,43)(H3,42,44,59)/t24-,25-,26-,27+,28-,29-/m0/s1. The average Bonchev–Trinajstić information content (AvgIpc) is 3.23. The van der Waals surface area contributed by atoms with Crippen LogP contribution in [0.15, 0.2) is 65.7 Å². The van der Waals surface area contributed by atoms with Gasteiger partial charge in [-0.15, -0.1) is 0 Å². The van der Waals surface area contributed by atoms with E-state index in [4.69, 9.17) is 22.9 Å². The lowest BCUT2D eigenvalue weighted by Crippen LogP contribution is -2.60. The maximum absolute atomic E-state index is 14.2. The molecule has 0 aliphatic rings. The first-order valence-electron chi connectivity index (χ1n) is 19.2. The zero-order chi connectivity index (χ0) is 45.3. The van der Waals surface area contributed by atoms with Crippen molar-refractivity contribution in [1.82, 2.24) is 37.2 Å². The molecule has 0 saturated heterocycles. The highest BCUT2D eigenvalue weighted by atomic mass is 32.1.